The minimum atomic E-state index is 0.671. The summed E-state index contributed by atoms with van der Waals surface area (Å²) < 4.78 is 1.73. The zero-order chi connectivity index (χ0) is 10.7. The van der Waals surface area contributed by atoms with Gasteiger partial charge >= 0.3 is 0 Å². The van der Waals surface area contributed by atoms with E-state index in [0.717, 1.165) is 35.8 Å². The van der Waals surface area contributed by atoms with Crippen molar-refractivity contribution in [2.45, 2.75) is 26.2 Å². The Bertz CT molecular complexity index is 392. The third kappa shape index (κ3) is 2.51. The number of rotatable bonds is 5. The van der Waals surface area contributed by atoms with Gasteiger partial charge in [-0.25, -0.2) is 0 Å². The van der Waals surface area contributed by atoms with Crippen LogP contribution in [0.5, 0.6) is 0 Å². The van der Waals surface area contributed by atoms with Crippen molar-refractivity contribution in [1.29, 1.82) is 0 Å². The fraction of sp³-hybridized carbons (Fsp3) is 0.667. The Morgan fingerprint density at radius 1 is 1.53 bits per heavy atom. The van der Waals surface area contributed by atoms with E-state index >= 15 is 0 Å². The van der Waals surface area contributed by atoms with Crippen LogP contribution in [0.4, 0.5) is 0 Å². The van der Waals surface area contributed by atoms with E-state index in [2.05, 4.69) is 22.2 Å². The van der Waals surface area contributed by atoms with Crippen molar-refractivity contribution in [1.82, 2.24) is 19.8 Å². The Labute approximate surface area is 92.3 Å². The molecule has 0 bridgehead atoms. The standard InChI is InChI=1S/C9H15N5S/c1-7(4-5-10)2-3-8-13-14-6-11-12-9(14)15-8/h6-7H,2-5,10H2,1H3. The maximum absolute atomic E-state index is 5.51. The Kier molecular flexibility index (Phi) is 3.27. The Hall–Kier alpha value is -1.01. The van der Waals surface area contributed by atoms with Gasteiger partial charge in [0.05, 0.1) is 0 Å². The molecule has 0 saturated heterocycles. The van der Waals surface area contributed by atoms with Crippen molar-refractivity contribution in [2.24, 2.45) is 11.7 Å². The van der Waals surface area contributed by atoms with Gasteiger partial charge in [-0.15, -0.1) is 10.2 Å². The molecule has 15 heavy (non-hydrogen) atoms. The molecule has 0 aromatic carbocycles. The maximum atomic E-state index is 5.51. The molecule has 0 amide bonds. The van der Waals surface area contributed by atoms with Gasteiger partial charge in [0.2, 0.25) is 4.96 Å². The van der Waals surface area contributed by atoms with Gasteiger partial charge in [0, 0.05) is 6.42 Å². The number of fused-ring (bicyclic) bond motifs is 1. The number of aryl methyl sites for hydroxylation is 1. The molecule has 0 aliphatic carbocycles. The molecule has 1 atom stereocenters. The lowest BCUT2D eigenvalue weighted by Crippen LogP contribution is -2.06. The van der Waals surface area contributed by atoms with Crippen LogP contribution in [0, 0.1) is 5.92 Å². The largest absolute Gasteiger partial charge is 0.330 e. The van der Waals surface area contributed by atoms with Crippen molar-refractivity contribution < 1.29 is 0 Å². The lowest BCUT2D eigenvalue weighted by Gasteiger charge is -2.06. The molecule has 5 nitrogen and oxygen atoms in total. The first-order valence-corrected chi connectivity index (χ1v) is 5.97. The van der Waals surface area contributed by atoms with Gasteiger partial charge in [-0.2, -0.15) is 9.61 Å². The van der Waals surface area contributed by atoms with E-state index in [1.165, 1.54) is 0 Å². The lowest BCUT2D eigenvalue weighted by atomic mass is 10.0. The summed E-state index contributed by atoms with van der Waals surface area (Å²) in [5, 5.41) is 13.2. The Balaban J connectivity index is 1.92. The fourth-order valence-corrected chi connectivity index (χ4v) is 2.33. The predicted molar refractivity (Wildman–Crippen MR) is 59.8 cm³/mol. The number of hydrogen-bond donors (Lipinski definition) is 1. The normalized spacial score (nSPS) is 13.5. The lowest BCUT2D eigenvalue weighted by molar-refractivity contribution is 0.498. The van der Waals surface area contributed by atoms with Gasteiger partial charge in [0.1, 0.15) is 11.3 Å². The maximum Gasteiger partial charge on any atom is 0.234 e. The van der Waals surface area contributed by atoms with Crippen LogP contribution in [0.1, 0.15) is 24.8 Å². The van der Waals surface area contributed by atoms with Crippen LogP contribution in [0.15, 0.2) is 6.33 Å². The zero-order valence-electron chi connectivity index (χ0n) is 8.76. The van der Waals surface area contributed by atoms with Crippen LogP contribution in [-0.4, -0.2) is 26.4 Å². The van der Waals surface area contributed by atoms with E-state index in [1.54, 1.807) is 22.2 Å². The number of hydrogen-bond acceptors (Lipinski definition) is 5. The van der Waals surface area contributed by atoms with E-state index in [4.69, 9.17) is 5.73 Å². The second-order valence-electron chi connectivity index (χ2n) is 3.78. The quantitative estimate of drug-likeness (QED) is 0.827. The molecule has 0 spiro atoms. The van der Waals surface area contributed by atoms with Crippen molar-refractivity contribution >= 4 is 16.3 Å². The molecule has 2 heterocycles. The molecule has 6 heteroatoms. The van der Waals surface area contributed by atoms with E-state index in [0.29, 0.717) is 5.92 Å². The molecule has 0 saturated carbocycles. The van der Waals surface area contributed by atoms with Gasteiger partial charge in [0.25, 0.3) is 0 Å². The summed E-state index contributed by atoms with van der Waals surface area (Å²) in [6.07, 6.45) is 4.87. The van der Waals surface area contributed by atoms with Gasteiger partial charge in [-0.3, -0.25) is 0 Å². The Morgan fingerprint density at radius 3 is 3.13 bits per heavy atom. The summed E-state index contributed by atoms with van der Waals surface area (Å²) in [5.74, 6) is 0.671. The molecule has 0 fully saturated rings. The third-order valence-corrected chi connectivity index (χ3v) is 3.41. The molecule has 2 aromatic rings. The van der Waals surface area contributed by atoms with Crippen LogP contribution >= 0.6 is 11.3 Å². The van der Waals surface area contributed by atoms with Gasteiger partial charge in [0.15, 0.2) is 0 Å². The highest BCUT2D eigenvalue weighted by atomic mass is 32.1. The van der Waals surface area contributed by atoms with Crippen molar-refractivity contribution in [2.75, 3.05) is 6.54 Å². The summed E-state index contributed by atoms with van der Waals surface area (Å²) >= 11 is 1.61. The summed E-state index contributed by atoms with van der Waals surface area (Å²) in [7, 11) is 0. The predicted octanol–water partition coefficient (Wildman–Crippen LogP) is 1.10. The zero-order valence-corrected chi connectivity index (χ0v) is 9.57. The van der Waals surface area contributed by atoms with Crippen molar-refractivity contribution in [3.8, 4) is 0 Å². The van der Waals surface area contributed by atoms with Gasteiger partial charge < -0.3 is 5.73 Å². The van der Waals surface area contributed by atoms with Crippen molar-refractivity contribution in [3.05, 3.63) is 11.3 Å². The van der Waals surface area contributed by atoms with Crippen LogP contribution in [0.2, 0.25) is 0 Å². The molecule has 1 unspecified atom stereocenters. The fourth-order valence-electron chi connectivity index (χ4n) is 1.50. The van der Waals surface area contributed by atoms with Crippen molar-refractivity contribution in [3.63, 3.8) is 0 Å². The molecular formula is C9H15N5S. The first kappa shape index (κ1) is 10.5. The van der Waals surface area contributed by atoms with E-state index in [1.807, 2.05) is 0 Å². The summed E-state index contributed by atoms with van der Waals surface area (Å²) in [6.45, 7) is 3.00. The molecule has 0 aliphatic heterocycles. The monoisotopic (exact) mass is 225 g/mol. The number of nitrogens with zero attached hydrogens (tertiary/aromatic N) is 4. The highest BCUT2D eigenvalue weighted by molar-refractivity contribution is 7.16. The molecule has 2 aromatic heterocycles. The average Bonchev–Trinajstić information content (AvgIpc) is 2.74. The van der Waals surface area contributed by atoms with E-state index < -0.39 is 0 Å². The summed E-state index contributed by atoms with van der Waals surface area (Å²) in [6, 6.07) is 0. The minimum absolute atomic E-state index is 0.671. The van der Waals surface area contributed by atoms with Gasteiger partial charge in [-0.05, 0) is 25.3 Å². The van der Waals surface area contributed by atoms with Crippen LogP contribution in [-0.2, 0) is 6.42 Å². The number of aromatic nitrogens is 4. The van der Waals surface area contributed by atoms with Crippen LogP contribution in [0.25, 0.3) is 4.96 Å². The molecule has 2 rings (SSSR count). The highest BCUT2D eigenvalue weighted by Gasteiger charge is 2.07. The van der Waals surface area contributed by atoms with E-state index in [-0.39, 0.29) is 0 Å². The molecule has 0 aliphatic rings. The topological polar surface area (TPSA) is 69.1 Å². The van der Waals surface area contributed by atoms with Crippen LogP contribution in [0.3, 0.4) is 0 Å². The highest BCUT2D eigenvalue weighted by Crippen LogP contribution is 2.16. The number of nitrogens with two attached hydrogens (primary N) is 1. The molecular weight excluding hydrogens is 210 g/mol. The second-order valence-corrected chi connectivity index (χ2v) is 4.82. The molecule has 2 N–H and O–H groups in total. The third-order valence-electron chi connectivity index (χ3n) is 2.44. The minimum Gasteiger partial charge on any atom is -0.330 e. The van der Waals surface area contributed by atoms with Gasteiger partial charge in [-0.1, -0.05) is 18.3 Å². The molecule has 82 valence electrons. The summed E-state index contributed by atoms with van der Waals surface area (Å²) in [4.78, 5) is 0.872. The first-order chi connectivity index (χ1) is 7.29. The molecule has 0 radical (unpaired) electrons. The Morgan fingerprint density at radius 2 is 2.40 bits per heavy atom. The van der Waals surface area contributed by atoms with E-state index in [9.17, 15) is 0 Å². The first-order valence-electron chi connectivity index (χ1n) is 5.15. The SMILES string of the molecule is CC(CCN)CCc1nn2cnnc2s1. The second kappa shape index (κ2) is 4.67. The summed E-state index contributed by atoms with van der Waals surface area (Å²) in [5.41, 5.74) is 5.51. The van der Waals surface area contributed by atoms with Crippen LogP contribution < -0.4 is 5.73 Å². The average molecular weight is 225 g/mol. The smallest absolute Gasteiger partial charge is 0.234 e.